The summed E-state index contributed by atoms with van der Waals surface area (Å²) in [6.45, 7) is 0. The number of carbonyl (C=O) groups is 1. The molecule has 0 bridgehead atoms. The number of rotatable bonds is 4. The summed E-state index contributed by atoms with van der Waals surface area (Å²) in [5.74, 6) is -0.811. The van der Waals surface area contributed by atoms with Gasteiger partial charge in [-0.3, -0.25) is 0 Å². The van der Waals surface area contributed by atoms with Gasteiger partial charge < -0.3 is 14.0 Å². The van der Waals surface area contributed by atoms with Gasteiger partial charge in [0.2, 0.25) is 0 Å². The predicted octanol–water partition coefficient (Wildman–Crippen LogP) is 4.69. The number of benzene rings is 2. The number of carbonyl (C=O) groups excluding carboxylic acids is 1. The normalized spacial score (nSPS) is 11.2. The average molecular weight is 363 g/mol. The lowest BCUT2D eigenvalue weighted by Gasteiger charge is -2.11. The summed E-state index contributed by atoms with van der Waals surface area (Å²) in [6.07, 6.45) is -4.83. The van der Waals surface area contributed by atoms with Gasteiger partial charge >= 0.3 is 12.3 Å². The van der Waals surface area contributed by atoms with Gasteiger partial charge in [-0.1, -0.05) is 29.4 Å². The van der Waals surface area contributed by atoms with Crippen molar-refractivity contribution in [2.45, 2.75) is 6.36 Å². The minimum absolute atomic E-state index is 0.100. The Balaban J connectivity index is 1.96. The molecule has 134 valence electrons. The van der Waals surface area contributed by atoms with Gasteiger partial charge in [-0.2, -0.15) is 0 Å². The highest BCUT2D eigenvalue weighted by Crippen LogP contribution is 2.35. The number of nitrogens with zero attached hydrogens (tertiary/aromatic N) is 1. The molecule has 1 heterocycles. The molecule has 0 N–H and O–H groups in total. The summed E-state index contributed by atoms with van der Waals surface area (Å²) in [5, 5.41) is 3.86. The molecule has 8 heteroatoms. The Kier molecular flexibility index (Phi) is 4.66. The van der Waals surface area contributed by atoms with E-state index in [1.165, 1.54) is 31.4 Å². The lowest BCUT2D eigenvalue weighted by Crippen LogP contribution is -2.17. The van der Waals surface area contributed by atoms with E-state index in [9.17, 15) is 18.0 Å². The molecule has 0 fully saturated rings. The van der Waals surface area contributed by atoms with Gasteiger partial charge in [-0.05, 0) is 24.3 Å². The molecule has 1 aromatic heterocycles. The fraction of sp³-hybridized carbons (Fsp3) is 0.111. The number of ether oxygens (including phenoxy) is 2. The van der Waals surface area contributed by atoms with Crippen LogP contribution in [0.3, 0.4) is 0 Å². The van der Waals surface area contributed by atoms with Crippen LogP contribution in [0.25, 0.3) is 22.6 Å². The molecule has 0 saturated heterocycles. The van der Waals surface area contributed by atoms with Gasteiger partial charge in [-0.25, -0.2) is 4.79 Å². The largest absolute Gasteiger partial charge is 0.573 e. The summed E-state index contributed by atoms with van der Waals surface area (Å²) in [6, 6.07) is 13.5. The van der Waals surface area contributed by atoms with E-state index in [4.69, 9.17) is 4.52 Å². The second-order valence-electron chi connectivity index (χ2n) is 5.19. The highest BCUT2D eigenvalue weighted by atomic mass is 19.4. The van der Waals surface area contributed by atoms with Crippen molar-refractivity contribution in [2.75, 3.05) is 7.11 Å². The number of halogens is 3. The quantitative estimate of drug-likeness (QED) is 0.629. The molecule has 0 unspecified atom stereocenters. The first kappa shape index (κ1) is 17.5. The van der Waals surface area contributed by atoms with Crippen LogP contribution in [0.5, 0.6) is 5.75 Å². The molecule has 26 heavy (non-hydrogen) atoms. The van der Waals surface area contributed by atoms with E-state index in [-0.39, 0.29) is 11.3 Å². The van der Waals surface area contributed by atoms with E-state index < -0.39 is 18.1 Å². The number of hydrogen-bond donors (Lipinski definition) is 0. The molecular formula is C18H12F3NO4. The highest BCUT2D eigenvalue weighted by Gasteiger charge is 2.32. The monoisotopic (exact) mass is 363 g/mol. The first-order chi connectivity index (χ1) is 12.4. The van der Waals surface area contributed by atoms with Gasteiger partial charge in [0.1, 0.15) is 11.4 Å². The van der Waals surface area contributed by atoms with E-state index in [0.29, 0.717) is 16.8 Å². The van der Waals surface area contributed by atoms with Crippen molar-refractivity contribution in [2.24, 2.45) is 0 Å². The van der Waals surface area contributed by atoms with Crippen molar-refractivity contribution >= 4 is 5.97 Å². The first-order valence-corrected chi connectivity index (χ1v) is 7.38. The Hall–Kier alpha value is -3.29. The molecule has 5 nitrogen and oxygen atoms in total. The molecule has 0 radical (unpaired) electrons. The van der Waals surface area contributed by atoms with Crippen molar-refractivity contribution in [3.05, 3.63) is 60.2 Å². The van der Waals surface area contributed by atoms with Crippen molar-refractivity contribution in [3.63, 3.8) is 0 Å². The number of hydrogen-bond acceptors (Lipinski definition) is 5. The minimum atomic E-state index is -4.83. The third-order valence-electron chi connectivity index (χ3n) is 3.47. The van der Waals surface area contributed by atoms with Gasteiger partial charge in [0.15, 0.2) is 5.76 Å². The number of esters is 1. The van der Waals surface area contributed by atoms with Crippen LogP contribution in [0.2, 0.25) is 0 Å². The molecular weight excluding hydrogens is 351 g/mol. The van der Waals surface area contributed by atoms with Crippen LogP contribution >= 0.6 is 0 Å². The maximum Gasteiger partial charge on any atom is 0.573 e. The standard InChI is InChI=1S/C18H12F3NO4/c1-24-17(23)12-6-4-5-11(9-12)14-10-16(26-22-14)13-7-2-3-8-15(13)25-18(19,20)21/h2-10H,1H3. The zero-order chi connectivity index (χ0) is 18.7. The average Bonchev–Trinajstić information content (AvgIpc) is 3.10. The van der Waals surface area contributed by atoms with Crippen LogP contribution in [-0.4, -0.2) is 24.6 Å². The molecule has 0 saturated carbocycles. The summed E-state index contributed by atoms with van der Waals surface area (Å²) in [7, 11) is 1.26. The molecule has 3 aromatic rings. The third-order valence-corrected chi connectivity index (χ3v) is 3.47. The van der Waals surface area contributed by atoms with Gasteiger partial charge in [-0.15, -0.1) is 13.2 Å². The van der Waals surface area contributed by atoms with Gasteiger partial charge in [0.25, 0.3) is 0 Å². The van der Waals surface area contributed by atoms with Crippen molar-refractivity contribution in [1.29, 1.82) is 0 Å². The summed E-state index contributed by atoms with van der Waals surface area (Å²) in [5.41, 5.74) is 1.33. The van der Waals surface area contributed by atoms with E-state index in [2.05, 4.69) is 14.6 Å². The number of para-hydroxylation sites is 1. The molecule has 2 aromatic carbocycles. The lowest BCUT2D eigenvalue weighted by atomic mass is 10.1. The highest BCUT2D eigenvalue weighted by molar-refractivity contribution is 5.90. The fourth-order valence-corrected chi connectivity index (χ4v) is 2.35. The third kappa shape index (κ3) is 3.85. The van der Waals surface area contributed by atoms with Crippen LogP contribution in [0.1, 0.15) is 10.4 Å². The van der Waals surface area contributed by atoms with Crippen molar-refractivity contribution in [3.8, 4) is 28.3 Å². The smallest absolute Gasteiger partial charge is 0.465 e. The lowest BCUT2D eigenvalue weighted by molar-refractivity contribution is -0.274. The van der Waals surface area contributed by atoms with Crippen molar-refractivity contribution in [1.82, 2.24) is 5.16 Å². The van der Waals surface area contributed by atoms with Crippen LogP contribution in [-0.2, 0) is 4.74 Å². The number of alkyl halides is 3. The van der Waals surface area contributed by atoms with Gasteiger partial charge in [0, 0.05) is 11.6 Å². The Labute approximate surface area is 145 Å². The molecule has 0 aliphatic carbocycles. The molecule has 0 atom stereocenters. The Morgan fingerprint density at radius 2 is 1.85 bits per heavy atom. The number of aromatic nitrogens is 1. The van der Waals surface area contributed by atoms with Crippen LogP contribution < -0.4 is 4.74 Å². The van der Waals surface area contributed by atoms with E-state index in [1.54, 1.807) is 30.3 Å². The fourth-order valence-electron chi connectivity index (χ4n) is 2.35. The zero-order valence-electron chi connectivity index (χ0n) is 13.4. The van der Waals surface area contributed by atoms with Gasteiger partial charge in [0.05, 0.1) is 18.2 Å². The SMILES string of the molecule is COC(=O)c1cccc(-c2cc(-c3ccccc3OC(F)(F)F)on2)c1. The second-order valence-corrected chi connectivity index (χ2v) is 5.19. The van der Waals surface area contributed by atoms with Crippen molar-refractivity contribution < 1.29 is 32.0 Å². The van der Waals surface area contributed by atoms with Crippen LogP contribution in [0, 0.1) is 0 Å². The second kappa shape index (κ2) is 6.91. The molecule has 0 spiro atoms. The van der Waals surface area contributed by atoms with E-state index in [1.807, 2.05) is 0 Å². The summed E-state index contributed by atoms with van der Waals surface area (Å²) >= 11 is 0. The summed E-state index contributed by atoms with van der Waals surface area (Å²) < 4.78 is 51.5. The molecule has 0 aliphatic heterocycles. The molecule has 3 rings (SSSR count). The first-order valence-electron chi connectivity index (χ1n) is 7.38. The maximum absolute atomic E-state index is 12.5. The molecule has 0 aliphatic rings. The summed E-state index contributed by atoms with van der Waals surface area (Å²) in [4.78, 5) is 11.6. The minimum Gasteiger partial charge on any atom is -0.465 e. The molecule has 0 amide bonds. The maximum atomic E-state index is 12.5. The Morgan fingerprint density at radius 1 is 1.08 bits per heavy atom. The van der Waals surface area contributed by atoms with Crippen LogP contribution in [0.15, 0.2) is 59.1 Å². The predicted molar refractivity (Wildman–Crippen MR) is 85.4 cm³/mol. The Bertz CT molecular complexity index is 934. The zero-order valence-corrected chi connectivity index (χ0v) is 13.4. The number of methoxy groups -OCH3 is 1. The van der Waals surface area contributed by atoms with E-state index in [0.717, 1.165) is 0 Å². The Morgan fingerprint density at radius 3 is 2.58 bits per heavy atom. The van der Waals surface area contributed by atoms with Crippen LogP contribution in [0.4, 0.5) is 13.2 Å². The van der Waals surface area contributed by atoms with E-state index >= 15 is 0 Å². The topological polar surface area (TPSA) is 61.6 Å².